The summed E-state index contributed by atoms with van der Waals surface area (Å²) in [6.45, 7) is 7.07. The first-order chi connectivity index (χ1) is 9.17. The minimum absolute atomic E-state index is 0.149. The van der Waals surface area contributed by atoms with E-state index in [1.165, 1.54) is 7.11 Å². The van der Waals surface area contributed by atoms with Crippen LogP contribution in [0, 0.1) is 6.92 Å². The standard InChI is InChI=1S/C12H20N4O3/c1-10-13-11(19-14-10)9-16-7-5-15(6-8-16)4-3-12(17)18-2/h3-9H2,1-2H3. The van der Waals surface area contributed by atoms with Crippen LogP contribution in [0.25, 0.3) is 0 Å². The Hall–Kier alpha value is -1.47. The summed E-state index contributed by atoms with van der Waals surface area (Å²) < 4.78 is 9.75. The van der Waals surface area contributed by atoms with E-state index in [0.29, 0.717) is 24.7 Å². The van der Waals surface area contributed by atoms with Gasteiger partial charge < -0.3 is 14.2 Å². The van der Waals surface area contributed by atoms with Crippen molar-refractivity contribution in [3.63, 3.8) is 0 Å². The van der Waals surface area contributed by atoms with Gasteiger partial charge in [0.25, 0.3) is 0 Å². The molecular weight excluding hydrogens is 248 g/mol. The average Bonchev–Trinajstić information content (AvgIpc) is 2.83. The van der Waals surface area contributed by atoms with Crippen LogP contribution in [0.5, 0.6) is 0 Å². The first-order valence-electron chi connectivity index (χ1n) is 6.48. The molecule has 0 amide bonds. The number of nitrogens with zero attached hydrogens (tertiary/aromatic N) is 4. The fraction of sp³-hybridized carbons (Fsp3) is 0.750. The summed E-state index contributed by atoms with van der Waals surface area (Å²) in [6.07, 6.45) is 0.458. The molecule has 1 aromatic rings. The molecule has 0 unspecified atom stereocenters. The third kappa shape index (κ3) is 4.29. The van der Waals surface area contributed by atoms with Gasteiger partial charge in [0.05, 0.1) is 20.1 Å². The number of hydrogen-bond acceptors (Lipinski definition) is 7. The van der Waals surface area contributed by atoms with E-state index in [0.717, 1.165) is 32.7 Å². The van der Waals surface area contributed by atoms with Gasteiger partial charge in [-0.15, -0.1) is 0 Å². The molecule has 1 fully saturated rings. The first kappa shape index (κ1) is 14.0. The highest BCUT2D eigenvalue weighted by atomic mass is 16.5. The van der Waals surface area contributed by atoms with Gasteiger partial charge in [-0.2, -0.15) is 4.98 Å². The third-order valence-corrected chi connectivity index (χ3v) is 3.25. The molecule has 0 aromatic carbocycles. The van der Waals surface area contributed by atoms with Crippen molar-refractivity contribution in [3.8, 4) is 0 Å². The highest BCUT2D eigenvalue weighted by Gasteiger charge is 2.19. The lowest BCUT2D eigenvalue weighted by atomic mass is 10.3. The van der Waals surface area contributed by atoms with Crippen molar-refractivity contribution >= 4 is 5.97 Å². The maximum atomic E-state index is 11.1. The monoisotopic (exact) mass is 268 g/mol. The van der Waals surface area contributed by atoms with Crippen LogP contribution in [0.15, 0.2) is 4.52 Å². The molecule has 1 aliphatic heterocycles. The van der Waals surface area contributed by atoms with Crippen LogP contribution in [0.2, 0.25) is 0 Å². The summed E-state index contributed by atoms with van der Waals surface area (Å²) in [6, 6.07) is 0. The largest absolute Gasteiger partial charge is 0.469 e. The van der Waals surface area contributed by atoms with E-state index < -0.39 is 0 Å². The van der Waals surface area contributed by atoms with Crippen molar-refractivity contribution in [2.45, 2.75) is 19.9 Å². The molecule has 19 heavy (non-hydrogen) atoms. The molecule has 0 saturated carbocycles. The summed E-state index contributed by atoms with van der Waals surface area (Å²) in [5, 5.41) is 3.78. The molecular formula is C12H20N4O3. The van der Waals surface area contributed by atoms with Gasteiger partial charge in [-0.25, -0.2) is 0 Å². The van der Waals surface area contributed by atoms with Gasteiger partial charge in [-0.3, -0.25) is 9.69 Å². The molecule has 7 nitrogen and oxygen atoms in total. The SMILES string of the molecule is COC(=O)CCN1CCN(Cc2nc(C)no2)CC1. The fourth-order valence-corrected chi connectivity index (χ4v) is 2.12. The average molecular weight is 268 g/mol. The van der Waals surface area contributed by atoms with Gasteiger partial charge in [0.15, 0.2) is 5.82 Å². The Balaban J connectivity index is 1.69. The van der Waals surface area contributed by atoms with Crippen LogP contribution in [0.4, 0.5) is 0 Å². The molecule has 0 aliphatic carbocycles. The number of aryl methyl sites for hydroxylation is 1. The van der Waals surface area contributed by atoms with Crippen LogP contribution in [0.3, 0.4) is 0 Å². The van der Waals surface area contributed by atoms with E-state index in [1.807, 2.05) is 6.92 Å². The molecule has 1 aliphatic rings. The Morgan fingerprint density at radius 1 is 1.32 bits per heavy atom. The number of ether oxygens (including phenoxy) is 1. The van der Waals surface area contributed by atoms with E-state index in [9.17, 15) is 4.79 Å². The number of carbonyl (C=O) groups is 1. The first-order valence-corrected chi connectivity index (χ1v) is 6.48. The van der Waals surface area contributed by atoms with Crippen molar-refractivity contribution < 1.29 is 14.1 Å². The lowest BCUT2D eigenvalue weighted by molar-refractivity contribution is -0.141. The Labute approximate surface area is 112 Å². The topological polar surface area (TPSA) is 71.7 Å². The zero-order chi connectivity index (χ0) is 13.7. The maximum Gasteiger partial charge on any atom is 0.306 e. The zero-order valence-corrected chi connectivity index (χ0v) is 11.5. The molecule has 0 bridgehead atoms. The summed E-state index contributed by atoms with van der Waals surface area (Å²) in [5.74, 6) is 1.19. The predicted octanol–water partition coefficient (Wildman–Crippen LogP) is 0.0587. The highest BCUT2D eigenvalue weighted by molar-refractivity contribution is 5.69. The third-order valence-electron chi connectivity index (χ3n) is 3.25. The van der Waals surface area contributed by atoms with Crippen LogP contribution >= 0.6 is 0 Å². The van der Waals surface area contributed by atoms with Crippen molar-refractivity contribution in [2.24, 2.45) is 0 Å². The Morgan fingerprint density at radius 2 is 2.00 bits per heavy atom. The quantitative estimate of drug-likeness (QED) is 0.699. The number of rotatable bonds is 5. The highest BCUT2D eigenvalue weighted by Crippen LogP contribution is 2.07. The van der Waals surface area contributed by atoms with E-state index in [1.54, 1.807) is 0 Å². The minimum atomic E-state index is -0.149. The van der Waals surface area contributed by atoms with Gasteiger partial charge in [0.1, 0.15) is 0 Å². The zero-order valence-electron chi connectivity index (χ0n) is 11.5. The van der Waals surface area contributed by atoms with Gasteiger partial charge in [-0.05, 0) is 6.92 Å². The molecule has 1 aromatic heterocycles. The minimum Gasteiger partial charge on any atom is -0.469 e. The molecule has 7 heteroatoms. The number of methoxy groups -OCH3 is 1. The van der Waals surface area contributed by atoms with E-state index in [2.05, 4.69) is 24.7 Å². The van der Waals surface area contributed by atoms with Crippen LogP contribution in [-0.2, 0) is 16.1 Å². The second-order valence-corrected chi connectivity index (χ2v) is 4.68. The smallest absolute Gasteiger partial charge is 0.306 e. The molecule has 2 heterocycles. The number of hydrogen-bond donors (Lipinski definition) is 0. The van der Waals surface area contributed by atoms with E-state index in [4.69, 9.17) is 4.52 Å². The number of carbonyl (C=O) groups excluding carboxylic acids is 1. The van der Waals surface area contributed by atoms with Crippen LogP contribution in [-0.4, -0.2) is 65.7 Å². The van der Waals surface area contributed by atoms with Crippen molar-refractivity contribution in [3.05, 3.63) is 11.7 Å². The lowest BCUT2D eigenvalue weighted by Crippen LogP contribution is -2.46. The summed E-state index contributed by atoms with van der Waals surface area (Å²) in [5.41, 5.74) is 0. The molecule has 0 spiro atoms. The molecule has 0 atom stereocenters. The Bertz CT molecular complexity index is 413. The molecule has 1 saturated heterocycles. The van der Waals surface area contributed by atoms with Gasteiger partial charge in [0, 0.05) is 32.7 Å². The van der Waals surface area contributed by atoms with Crippen molar-refractivity contribution in [1.82, 2.24) is 19.9 Å². The second-order valence-electron chi connectivity index (χ2n) is 4.68. The van der Waals surface area contributed by atoms with Crippen LogP contribution in [0.1, 0.15) is 18.1 Å². The van der Waals surface area contributed by atoms with Gasteiger partial charge >= 0.3 is 5.97 Å². The van der Waals surface area contributed by atoms with E-state index in [-0.39, 0.29) is 5.97 Å². The lowest BCUT2D eigenvalue weighted by Gasteiger charge is -2.33. The van der Waals surface area contributed by atoms with Crippen LogP contribution < -0.4 is 0 Å². The summed E-state index contributed by atoms with van der Waals surface area (Å²) in [4.78, 5) is 19.8. The van der Waals surface area contributed by atoms with Gasteiger partial charge in [-0.1, -0.05) is 5.16 Å². The fourth-order valence-electron chi connectivity index (χ4n) is 2.12. The Kier molecular flexibility index (Phi) is 4.86. The molecule has 0 radical (unpaired) electrons. The summed E-state index contributed by atoms with van der Waals surface area (Å²) in [7, 11) is 1.42. The second kappa shape index (κ2) is 6.63. The normalized spacial score (nSPS) is 17.6. The Morgan fingerprint density at radius 3 is 2.58 bits per heavy atom. The number of esters is 1. The number of aromatic nitrogens is 2. The van der Waals surface area contributed by atoms with Gasteiger partial charge in [0.2, 0.25) is 5.89 Å². The molecule has 0 N–H and O–H groups in total. The number of piperazine rings is 1. The van der Waals surface area contributed by atoms with Crippen molar-refractivity contribution in [2.75, 3.05) is 39.8 Å². The van der Waals surface area contributed by atoms with E-state index >= 15 is 0 Å². The summed E-state index contributed by atoms with van der Waals surface area (Å²) >= 11 is 0. The predicted molar refractivity (Wildman–Crippen MR) is 67.4 cm³/mol. The molecule has 2 rings (SSSR count). The molecule has 106 valence electrons. The maximum absolute atomic E-state index is 11.1. The van der Waals surface area contributed by atoms with Crippen molar-refractivity contribution in [1.29, 1.82) is 0 Å².